The molecule has 4 rings (SSSR count). The van der Waals surface area contributed by atoms with Crippen molar-refractivity contribution < 1.29 is 14.7 Å². The van der Waals surface area contributed by atoms with E-state index >= 15 is 0 Å². The first-order chi connectivity index (χ1) is 16.2. The van der Waals surface area contributed by atoms with E-state index in [4.69, 9.17) is 0 Å². The number of rotatable bonds is 8. The van der Waals surface area contributed by atoms with Gasteiger partial charge in [-0.15, -0.1) is 0 Å². The Morgan fingerprint density at radius 3 is 2.47 bits per heavy atom. The topological polar surface area (TPSA) is 155 Å². The minimum absolute atomic E-state index is 0.0248. The van der Waals surface area contributed by atoms with E-state index in [1.807, 2.05) is 0 Å². The number of hydrogen-bond donors (Lipinski definition) is 4. The number of pyridine rings is 1. The summed E-state index contributed by atoms with van der Waals surface area (Å²) in [4.78, 5) is 47.2. The van der Waals surface area contributed by atoms with E-state index in [1.54, 1.807) is 51.5 Å². The summed E-state index contributed by atoms with van der Waals surface area (Å²) in [7, 11) is 0. The van der Waals surface area contributed by atoms with Gasteiger partial charge in [0.1, 0.15) is 6.33 Å². The van der Waals surface area contributed by atoms with Gasteiger partial charge in [-0.05, 0) is 45.7 Å². The van der Waals surface area contributed by atoms with E-state index < -0.39 is 17.4 Å². The Bertz CT molecular complexity index is 1210. The molecule has 0 bridgehead atoms. The molecule has 0 saturated heterocycles. The number of aromatic nitrogens is 5. The third-order valence-corrected chi connectivity index (χ3v) is 5.00. The Hall–Kier alpha value is -3.99. The number of amides is 2. The largest absolute Gasteiger partial charge is 0.389 e. The third-order valence-electron chi connectivity index (χ3n) is 5.00. The van der Waals surface area contributed by atoms with E-state index in [2.05, 4.69) is 40.9 Å². The first kappa shape index (κ1) is 23.2. The van der Waals surface area contributed by atoms with Crippen molar-refractivity contribution in [3.05, 3.63) is 59.8 Å². The molecule has 11 nitrogen and oxygen atoms in total. The minimum Gasteiger partial charge on any atom is -0.389 e. The molecular weight excluding hydrogens is 436 g/mol. The molecule has 34 heavy (non-hydrogen) atoms. The molecule has 2 amide bonds. The number of hydrogen-bond acceptors (Lipinski definition) is 9. The van der Waals surface area contributed by atoms with Crippen molar-refractivity contribution in [3.8, 4) is 0 Å². The summed E-state index contributed by atoms with van der Waals surface area (Å²) in [6.07, 6.45) is 8.17. The predicted molar refractivity (Wildman–Crippen MR) is 125 cm³/mol. The van der Waals surface area contributed by atoms with E-state index in [1.165, 1.54) is 6.33 Å². The Labute approximate surface area is 196 Å². The van der Waals surface area contributed by atoms with Gasteiger partial charge in [-0.2, -0.15) is 0 Å². The molecule has 4 N–H and O–H groups in total. The van der Waals surface area contributed by atoms with Crippen LogP contribution in [0.15, 0.2) is 37.1 Å². The standard InChI is InChI=1S/C23H26N8O3/c1-13-4-7-16(18(28-13)21(32)27-11-23(2,3)34)31-22(33)19-20(29-15-8-24-12-25-9-15)26-10-17(30-19)14-5-6-14/h4,7-10,12,14,34H,5-6,11H2,1-3H3,(H,26,29)(H,27,32)(H,31,33). The number of aliphatic hydroxyl groups is 1. The van der Waals surface area contributed by atoms with Crippen LogP contribution in [0.2, 0.25) is 0 Å². The maximum atomic E-state index is 13.3. The van der Waals surface area contributed by atoms with Crippen molar-refractivity contribution in [1.29, 1.82) is 0 Å². The highest BCUT2D eigenvalue weighted by Crippen LogP contribution is 2.39. The second-order valence-corrected chi connectivity index (χ2v) is 8.82. The fraction of sp³-hybridized carbons (Fsp3) is 0.348. The quantitative estimate of drug-likeness (QED) is 0.395. The predicted octanol–water partition coefficient (Wildman–Crippen LogP) is 2.34. The molecule has 1 fully saturated rings. The van der Waals surface area contributed by atoms with Gasteiger partial charge in [0.05, 0.1) is 41.3 Å². The molecule has 0 aromatic carbocycles. The lowest BCUT2D eigenvalue weighted by Crippen LogP contribution is -2.38. The summed E-state index contributed by atoms with van der Waals surface area (Å²) in [5.41, 5.74) is 1.14. The van der Waals surface area contributed by atoms with Gasteiger partial charge >= 0.3 is 0 Å². The van der Waals surface area contributed by atoms with Crippen molar-refractivity contribution in [2.75, 3.05) is 17.2 Å². The Morgan fingerprint density at radius 1 is 1.06 bits per heavy atom. The molecule has 3 aromatic heterocycles. The van der Waals surface area contributed by atoms with E-state index in [0.717, 1.165) is 18.5 Å². The summed E-state index contributed by atoms with van der Waals surface area (Å²) in [6, 6.07) is 3.30. The zero-order valence-corrected chi connectivity index (χ0v) is 19.2. The van der Waals surface area contributed by atoms with Crippen LogP contribution in [0, 0.1) is 6.92 Å². The molecule has 1 aliphatic rings. The second-order valence-electron chi connectivity index (χ2n) is 8.82. The maximum Gasteiger partial charge on any atom is 0.278 e. The second kappa shape index (κ2) is 9.48. The molecule has 11 heteroatoms. The minimum atomic E-state index is -1.09. The molecule has 0 radical (unpaired) electrons. The Morgan fingerprint density at radius 2 is 1.79 bits per heavy atom. The number of nitrogens with one attached hydrogen (secondary N) is 3. The zero-order chi connectivity index (χ0) is 24.3. The average molecular weight is 463 g/mol. The Balaban J connectivity index is 1.62. The summed E-state index contributed by atoms with van der Waals surface area (Å²) in [5.74, 6) is -0.530. The summed E-state index contributed by atoms with van der Waals surface area (Å²) >= 11 is 0. The molecule has 0 atom stereocenters. The first-order valence-electron chi connectivity index (χ1n) is 10.9. The van der Waals surface area contributed by atoms with Gasteiger partial charge < -0.3 is 21.1 Å². The van der Waals surface area contributed by atoms with Gasteiger partial charge in [0.25, 0.3) is 11.8 Å². The number of carbonyl (C=O) groups excluding carboxylic acids is 2. The van der Waals surface area contributed by atoms with Crippen LogP contribution < -0.4 is 16.0 Å². The monoisotopic (exact) mass is 462 g/mol. The van der Waals surface area contributed by atoms with E-state index in [-0.39, 0.29) is 35.4 Å². The van der Waals surface area contributed by atoms with Gasteiger partial charge in [-0.3, -0.25) is 9.59 Å². The molecule has 1 aliphatic carbocycles. The fourth-order valence-corrected chi connectivity index (χ4v) is 3.12. The summed E-state index contributed by atoms with van der Waals surface area (Å²) in [6.45, 7) is 4.93. The van der Waals surface area contributed by atoms with Crippen molar-refractivity contribution in [2.24, 2.45) is 0 Å². The summed E-state index contributed by atoms with van der Waals surface area (Å²) in [5, 5.41) is 18.3. The highest BCUT2D eigenvalue weighted by molar-refractivity contribution is 6.09. The maximum absolute atomic E-state index is 13.3. The SMILES string of the molecule is Cc1ccc(NC(=O)c2nc(C3CC3)cnc2Nc2cncnc2)c(C(=O)NCC(C)(C)O)n1. The molecule has 176 valence electrons. The summed E-state index contributed by atoms with van der Waals surface area (Å²) < 4.78 is 0. The van der Waals surface area contributed by atoms with Crippen molar-refractivity contribution in [3.63, 3.8) is 0 Å². The van der Waals surface area contributed by atoms with Crippen LogP contribution in [0.3, 0.4) is 0 Å². The van der Waals surface area contributed by atoms with Gasteiger partial charge in [-0.25, -0.2) is 24.9 Å². The first-order valence-corrected chi connectivity index (χ1v) is 10.9. The van der Waals surface area contributed by atoms with Crippen molar-refractivity contribution in [2.45, 2.75) is 45.1 Å². The van der Waals surface area contributed by atoms with Crippen LogP contribution in [0.25, 0.3) is 0 Å². The molecule has 1 saturated carbocycles. The third kappa shape index (κ3) is 5.87. The molecule has 0 aliphatic heterocycles. The number of nitrogens with zero attached hydrogens (tertiary/aromatic N) is 5. The van der Waals surface area contributed by atoms with Crippen LogP contribution in [0.5, 0.6) is 0 Å². The lowest BCUT2D eigenvalue weighted by Gasteiger charge is -2.18. The molecule has 3 aromatic rings. The van der Waals surface area contributed by atoms with Gasteiger partial charge in [0, 0.05) is 18.2 Å². The van der Waals surface area contributed by atoms with Crippen LogP contribution in [0.1, 0.15) is 65.0 Å². The van der Waals surface area contributed by atoms with Crippen LogP contribution in [-0.2, 0) is 0 Å². The van der Waals surface area contributed by atoms with Gasteiger partial charge in [-0.1, -0.05) is 0 Å². The number of carbonyl (C=O) groups is 2. The van der Waals surface area contributed by atoms with E-state index in [9.17, 15) is 14.7 Å². The Kier molecular flexibility index (Phi) is 6.46. The van der Waals surface area contributed by atoms with Crippen LogP contribution >= 0.6 is 0 Å². The smallest absolute Gasteiger partial charge is 0.278 e. The lowest BCUT2D eigenvalue weighted by molar-refractivity contribution is 0.0692. The van der Waals surface area contributed by atoms with Crippen molar-refractivity contribution >= 4 is 29.0 Å². The molecule has 0 unspecified atom stereocenters. The van der Waals surface area contributed by atoms with Gasteiger partial charge in [0.15, 0.2) is 17.2 Å². The normalized spacial score (nSPS) is 13.3. The number of anilines is 3. The molecule has 0 spiro atoms. The highest BCUT2D eigenvalue weighted by atomic mass is 16.3. The zero-order valence-electron chi connectivity index (χ0n) is 19.2. The fourth-order valence-electron chi connectivity index (χ4n) is 3.12. The average Bonchev–Trinajstić information content (AvgIpc) is 3.64. The highest BCUT2D eigenvalue weighted by Gasteiger charge is 2.28. The number of aryl methyl sites for hydroxylation is 1. The van der Waals surface area contributed by atoms with Crippen LogP contribution in [0.4, 0.5) is 17.2 Å². The van der Waals surface area contributed by atoms with Crippen molar-refractivity contribution in [1.82, 2.24) is 30.2 Å². The molecule has 3 heterocycles. The van der Waals surface area contributed by atoms with E-state index in [0.29, 0.717) is 11.4 Å². The van der Waals surface area contributed by atoms with Gasteiger partial charge in [0.2, 0.25) is 0 Å². The van der Waals surface area contributed by atoms with Crippen LogP contribution in [-0.4, -0.2) is 54.0 Å². The molecular formula is C23H26N8O3. The lowest BCUT2D eigenvalue weighted by atomic mass is 10.1.